The van der Waals surface area contributed by atoms with Gasteiger partial charge in [0.05, 0.1) is 6.20 Å². The van der Waals surface area contributed by atoms with Gasteiger partial charge in [-0.1, -0.05) is 12.1 Å². The number of pyridine rings is 1. The first-order chi connectivity index (χ1) is 9.33. The molecule has 1 saturated carbocycles. The second-order valence-corrected chi connectivity index (χ2v) is 4.67. The second-order valence-electron chi connectivity index (χ2n) is 4.67. The van der Waals surface area contributed by atoms with Crippen molar-refractivity contribution in [3.63, 3.8) is 0 Å². The molecule has 0 unspecified atom stereocenters. The lowest BCUT2D eigenvalue weighted by atomic mass is 10.2. The number of ether oxygens (including phenoxy) is 1. The zero-order chi connectivity index (χ0) is 13.1. The lowest BCUT2D eigenvalue weighted by molar-refractivity contribution is 0.434. The molecule has 19 heavy (non-hydrogen) atoms. The van der Waals surface area contributed by atoms with Crippen LogP contribution >= 0.6 is 0 Å². The van der Waals surface area contributed by atoms with Crippen molar-refractivity contribution in [1.82, 2.24) is 10.3 Å². The van der Waals surface area contributed by atoms with E-state index in [0.29, 0.717) is 11.8 Å². The average Bonchev–Trinajstić information content (AvgIpc) is 3.24. The Balaban J connectivity index is 1.77. The molecule has 1 aromatic carbocycles. The van der Waals surface area contributed by atoms with Crippen LogP contribution in [0.2, 0.25) is 0 Å². The highest BCUT2D eigenvalue weighted by atomic mass is 19.1. The number of hydrogen-bond acceptors (Lipinski definition) is 3. The highest BCUT2D eigenvalue weighted by Gasteiger charge is 2.20. The summed E-state index contributed by atoms with van der Waals surface area (Å²) in [6.45, 7) is 0.719. The minimum absolute atomic E-state index is 0.225. The molecule has 3 rings (SSSR count). The standard InChI is InChI=1S/C15H15FN2O/c16-13-3-1-2-4-14(13)19-15-10-17-8-7-11(15)9-18-12-5-6-12/h1-4,7-8,10,12,18H,5-6,9H2. The van der Waals surface area contributed by atoms with Gasteiger partial charge < -0.3 is 10.1 Å². The number of halogens is 1. The Bertz CT molecular complexity index is 570. The van der Waals surface area contributed by atoms with Gasteiger partial charge in [-0.3, -0.25) is 4.98 Å². The van der Waals surface area contributed by atoms with Crippen molar-refractivity contribution in [2.24, 2.45) is 0 Å². The van der Waals surface area contributed by atoms with Gasteiger partial charge in [-0.15, -0.1) is 0 Å². The van der Waals surface area contributed by atoms with Crippen molar-refractivity contribution < 1.29 is 9.13 Å². The van der Waals surface area contributed by atoms with Gasteiger partial charge in [-0.05, 0) is 31.0 Å². The summed E-state index contributed by atoms with van der Waals surface area (Å²) in [7, 11) is 0. The van der Waals surface area contributed by atoms with E-state index < -0.39 is 0 Å². The van der Waals surface area contributed by atoms with Gasteiger partial charge in [0, 0.05) is 24.3 Å². The Morgan fingerprint density at radius 3 is 2.84 bits per heavy atom. The van der Waals surface area contributed by atoms with Crippen LogP contribution in [0.1, 0.15) is 18.4 Å². The van der Waals surface area contributed by atoms with Crippen molar-refractivity contribution >= 4 is 0 Å². The SMILES string of the molecule is Fc1ccccc1Oc1cnccc1CNC1CC1. The minimum atomic E-state index is -0.368. The van der Waals surface area contributed by atoms with Crippen molar-refractivity contribution in [3.8, 4) is 11.5 Å². The smallest absolute Gasteiger partial charge is 0.165 e. The molecule has 1 heterocycles. The molecule has 1 aliphatic carbocycles. The third-order valence-electron chi connectivity index (χ3n) is 3.09. The van der Waals surface area contributed by atoms with E-state index in [2.05, 4.69) is 10.3 Å². The first-order valence-corrected chi connectivity index (χ1v) is 6.41. The van der Waals surface area contributed by atoms with Crippen LogP contribution in [0, 0.1) is 5.82 Å². The summed E-state index contributed by atoms with van der Waals surface area (Å²) in [6, 6.07) is 8.90. The maximum absolute atomic E-state index is 13.6. The normalized spacial score (nSPS) is 14.4. The highest BCUT2D eigenvalue weighted by Crippen LogP contribution is 2.27. The van der Waals surface area contributed by atoms with E-state index in [1.807, 2.05) is 6.07 Å². The van der Waals surface area contributed by atoms with E-state index in [1.54, 1.807) is 30.6 Å². The predicted octanol–water partition coefficient (Wildman–Crippen LogP) is 3.27. The molecule has 0 aliphatic heterocycles. The van der Waals surface area contributed by atoms with Gasteiger partial charge in [-0.2, -0.15) is 0 Å². The molecular formula is C15H15FN2O. The van der Waals surface area contributed by atoms with Gasteiger partial charge >= 0.3 is 0 Å². The van der Waals surface area contributed by atoms with Gasteiger partial charge in [0.25, 0.3) is 0 Å². The van der Waals surface area contributed by atoms with Crippen molar-refractivity contribution in [2.45, 2.75) is 25.4 Å². The lowest BCUT2D eigenvalue weighted by Crippen LogP contribution is -2.15. The molecule has 0 bridgehead atoms. The molecule has 1 fully saturated rings. The molecule has 1 aliphatic rings. The number of hydrogen-bond donors (Lipinski definition) is 1. The van der Waals surface area contributed by atoms with Gasteiger partial charge in [0.2, 0.25) is 0 Å². The topological polar surface area (TPSA) is 34.1 Å². The fourth-order valence-electron chi connectivity index (χ4n) is 1.83. The summed E-state index contributed by atoms with van der Waals surface area (Å²) in [5.41, 5.74) is 0.991. The van der Waals surface area contributed by atoms with Crippen LogP contribution in [0.15, 0.2) is 42.7 Å². The molecular weight excluding hydrogens is 243 g/mol. The summed E-state index contributed by atoms with van der Waals surface area (Å²) >= 11 is 0. The van der Waals surface area contributed by atoms with Crippen LogP contribution in [0.5, 0.6) is 11.5 Å². The van der Waals surface area contributed by atoms with Gasteiger partial charge in [0.15, 0.2) is 11.6 Å². The minimum Gasteiger partial charge on any atom is -0.452 e. The highest BCUT2D eigenvalue weighted by molar-refractivity contribution is 5.36. The largest absolute Gasteiger partial charge is 0.452 e. The fourth-order valence-corrected chi connectivity index (χ4v) is 1.83. The van der Waals surface area contributed by atoms with Crippen LogP contribution in [0.25, 0.3) is 0 Å². The van der Waals surface area contributed by atoms with Crippen molar-refractivity contribution in [2.75, 3.05) is 0 Å². The maximum atomic E-state index is 13.6. The second kappa shape index (κ2) is 5.36. The van der Waals surface area contributed by atoms with Gasteiger partial charge in [-0.25, -0.2) is 4.39 Å². The number of nitrogens with one attached hydrogen (secondary N) is 1. The molecule has 4 heteroatoms. The van der Waals surface area contributed by atoms with E-state index in [9.17, 15) is 4.39 Å². The molecule has 0 spiro atoms. The fraction of sp³-hybridized carbons (Fsp3) is 0.267. The number of para-hydroxylation sites is 1. The summed E-state index contributed by atoms with van der Waals surface area (Å²) in [5.74, 6) is 0.455. The zero-order valence-electron chi connectivity index (χ0n) is 10.5. The lowest BCUT2D eigenvalue weighted by Gasteiger charge is -2.11. The van der Waals surface area contributed by atoms with E-state index in [0.717, 1.165) is 12.1 Å². The van der Waals surface area contributed by atoms with Crippen LogP contribution in [0.3, 0.4) is 0 Å². The number of benzene rings is 1. The third-order valence-corrected chi connectivity index (χ3v) is 3.09. The van der Waals surface area contributed by atoms with Crippen LogP contribution in [-0.2, 0) is 6.54 Å². The number of rotatable bonds is 5. The summed E-state index contributed by atoms with van der Waals surface area (Å²) < 4.78 is 19.2. The molecule has 1 N–H and O–H groups in total. The van der Waals surface area contributed by atoms with Crippen molar-refractivity contribution in [1.29, 1.82) is 0 Å². The molecule has 0 saturated heterocycles. The number of nitrogens with zero attached hydrogens (tertiary/aromatic N) is 1. The quantitative estimate of drug-likeness (QED) is 0.893. The van der Waals surface area contributed by atoms with Crippen LogP contribution in [0.4, 0.5) is 4.39 Å². The Labute approximate surface area is 111 Å². The predicted molar refractivity (Wildman–Crippen MR) is 70.6 cm³/mol. The van der Waals surface area contributed by atoms with Gasteiger partial charge in [0.1, 0.15) is 5.75 Å². The Morgan fingerprint density at radius 1 is 1.21 bits per heavy atom. The van der Waals surface area contributed by atoms with E-state index >= 15 is 0 Å². The molecule has 3 nitrogen and oxygen atoms in total. The molecule has 1 aromatic heterocycles. The number of aromatic nitrogens is 1. The molecule has 98 valence electrons. The first-order valence-electron chi connectivity index (χ1n) is 6.41. The zero-order valence-corrected chi connectivity index (χ0v) is 10.5. The summed E-state index contributed by atoms with van der Waals surface area (Å²) in [6.07, 6.45) is 5.80. The molecule has 0 amide bonds. The van der Waals surface area contributed by atoms with Crippen LogP contribution < -0.4 is 10.1 Å². The molecule has 0 radical (unpaired) electrons. The monoisotopic (exact) mass is 258 g/mol. The molecule has 2 aromatic rings. The van der Waals surface area contributed by atoms with E-state index in [-0.39, 0.29) is 11.6 Å². The Hall–Kier alpha value is -1.94. The Morgan fingerprint density at radius 2 is 2.05 bits per heavy atom. The summed E-state index contributed by atoms with van der Waals surface area (Å²) in [5, 5.41) is 3.41. The van der Waals surface area contributed by atoms with E-state index in [4.69, 9.17) is 4.74 Å². The average molecular weight is 258 g/mol. The maximum Gasteiger partial charge on any atom is 0.165 e. The van der Waals surface area contributed by atoms with E-state index in [1.165, 1.54) is 18.9 Å². The third kappa shape index (κ3) is 3.09. The Kier molecular flexibility index (Phi) is 3.42. The molecule has 0 atom stereocenters. The summed E-state index contributed by atoms with van der Waals surface area (Å²) in [4.78, 5) is 4.04. The first kappa shape index (κ1) is 12.1. The van der Waals surface area contributed by atoms with Crippen molar-refractivity contribution in [3.05, 3.63) is 54.1 Å². The van der Waals surface area contributed by atoms with Crippen LogP contribution in [-0.4, -0.2) is 11.0 Å².